The Morgan fingerprint density at radius 3 is 3.00 bits per heavy atom. The van der Waals surface area contributed by atoms with Crippen molar-refractivity contribution in [2.75, 3.05) is 13.2 Å². The lowest BCUT2D eigenvalue weighted by atomic mass is 10.00. The van der Waals surface area contributed by atoms with Gasteiger partial charge in [0.05, 0.1) is 6.10 Å². The van der Waals surface area contributed by atoms with E-state index in [1.807, 2.05) is 0 Å². The lowest BCUT2D eigenvalue weighted by molar-refractivity contribution is -0.123. The van der Waals surface area contributed by atoms with Gasteiger partial charge in [0.1, 0.15) is 0 Å². The molecule has 2 fully saturated rings. The zero-order valence-corrected chi connectivity index (χ0v) is 11.4. The molecule has 18 heavy (non-hydrogen) atoms. The maximum Gasteiger partial charge on any atom is 0.220 e. The molecule has 2 heterocycles. The molecule has 2 saturated heterocycles. The zero-order chi connectivity index (χ0) is 12.8. The van der Waals surface area contributed by atoms with Gasteiger partial charge in [0, 0.05) is 25.1 Å². The molecule has 2 aliphatic heterocycles. The first kappa shape index (κ1) is 13.8. The van der Waals surface area contributed by atoms with Crippen LogP contribution < -0.4 is 10.6 Å². The molecule has 3 atom stereocenters. The SMILES string of the molecule is CC1CC(NC(=O)CCC2CCCCN2)CCO1. The Kier molecular flexibility index (Phi) is 5.45. The van der Waals surface area contributed by atoms with E-state index in [1.54, 1.807) is 0 Å². The van der Waals surface area contributed by atoms with E-state index in [9.17, 15) is 4.79 Å². The first-order valence-electron chi connectivity index (χ1n) is 7.38. The molecule has 2 aliphatic rings. The molecule has 0 aromatic heterocycles. The number of hydrogen-bond donors (Lipinski definition) is 2. The number of rotatable bonds is 4. The van der Waals surface area contributed by atoms with Crippen molar-refractivity contribution in [1.29, 1.82) is 0 Å². The third kappa shape index (κ3) is 4.58. The summed E-state index contributed by atoms with van der Waals surface area (Å²) in [7, 11) is 0. The van der Waals surface area contributed by atoms with Gasteiger partial charge < -0.3 is 15.4 Å². The molecule has 4 nitrogen and oxygen atoms in total. The summed E-state index contributed by atoms with van der Waals surface area (Å²) in [4.78, 5) is 11.9. The molecule has 0 aromatic carbocycles. The average molecular weight is 254 g/mol. The van der Waals surface area contributed by atoms with Crippen molar-refractivity contribution in [2.24, 2.45) is 0 Å². The second-order valence-corrected chi connectivity index (χ2v) is 5.66. The summed E-state index contributed by atoms with van der Waals surface area (Å²) in [5, 5.41) is 6.63. The van der Waals surface area contributed by atoms with Crippen molar-refractivity contribution in [3.63, 3.8) is 0 Å². The minimum Gasteiger partial charge on any atom is -0.378 e. The van der Waals surface area contributed by atoms with Gasteiger partial charge in [0.25, 0.3) is 0 Å². The largest absolute Gasteiger partial charge is 0.378 e. The summed E-state index contributed by atoms with van der Waals surface area (Å²) >= 11 is 0. The first-order valence-corrected chi connectivity index (χ1v) is 7.38. The van der Waals surface area contributed by atoms with E-state index in [4.69, 9.17) is 4.74 Å². The molecule has 0 aromatic rings. The average Bonchev–Trinajstić information content (AvgIpc) is 2.38. The van der Waals surface area contributed by atoms with Crippen LogP contribution in [0.2, 0.25) is 0 Å². The van der Waals surface area contributed by atoms with Crippen molar-refractivity contribution < 1.29 is 9.53 Å². The summed E-state index contributed by atoms with van der Waals surface area (Å²) in [6.45, 7) is 3.96. The standard InChI is InChI=1S/C14H26N2O2/c1-11-10-13(7-9-18-11)16-14(17)6-5-12-4-2-3-8-15-12/h11-13,15H,2-10H2,1H3,(H,16,17). The highest BCUT2D eigenvalue weighted by atomic mass is 16.5. The van der Waals surface area contributed by atoms with Gasteiger partial charge in [-0.1, -0.05) is 6.42 Å². The molecule has 2 rings (SSSR count). The Hall–Kier alpha value is -0.610. The summed E-state index contributed by atoms with van der Waals surface area (Å²) in [5.41, 5.74) is 0. The van der Waals surface area contributed by atoms with Gasteiger partial charge >= 0.3 is 0 Å². The molecule has 0 aliphatic carbocycles. The topological polar surface area (TPSA) is 50.4 Å². The molecule has 104 valence electrons. The van der Waals surface area contributed by atoms with Crippen LogP contribution in [-0.4, -0.2) is 37.2 Å². The molecule has 0 bridgehead atoms. The molecule has 2 N–H and O–H groups in total. The van der Waals surface area contributed by atoms with Gasteiger partial charge in [-0.2, -0.15) is 0 Å². The normalized spacial score (nSPS) is 33.1. The minimum atomic E-state index is 0.210. The Balaban J connectivity index is 1.62. The summed E-state index contributed by atoms with van der Waals surface area (Å²) in [6, 6.07) is 0.874. The predicted molar refractivity (Wildman–Crippen MR) is 71.5 cm³/mol. The number of piperidine rings is 1. The number of hydrogen-bond acceptors (Lipinski definition) is 3. The van der Waals surface area contributed by atoms with E-state index in [2.05, 4.69) is 17.6 Å². The molecule has 1 amide bonds. The second-order valence-electron chi connectivity index (χ2n) is 5.66. The Morgan fingerprint density at radius 2 is 2.28 bits per heavy atom. The smallest absolute Gasteiger partial charge is 0.220 e. The third-order valence-electron chi connectivity index (χ3n) is 3.98. The highest BCUT2D eigenvalue weighted by molar-refractivity contribution is 5.76. The molecule has 0 spiro atoms. The molecular formula is C14H26N2O2. The Morgan fingerprint density at radius 1 is 1.39 bits per heavy atom. The van der Waals surface area contributed by atoms with Crippen LogP contribution in [0.4, 0.5) is 0 Å². The van der Waals surface area contributed by atoms with Gasteiger partial charge in [-0.15, -0.1) is 0 Å². The van der Waals surface area contributed by atoms with E-state index in [-0.39, 0.29) is 12.0 Å². The van der Waals surface area contributed by atoms with Crippen LogP contribution in [0.1, 0.15) is 51.9 Å². The van der Waals surface area contributed by atoms with Crippen LogP contribution in [0.25, 0.3) is 0 Å². The third-order valence-corrected chi connectivity index (χ3v) is 3.98. The first-order chi connectivity index (χ1) is 8.74. The number of carbonyl (C=O) groups is 1. The molecule has 0 saturated carbocycles. The van der Waals surface area contributed by atoms with Crippen molar-refractivity contribution >= 4 is 5.91 Å². The maximum absolute atomic E-state index is 11.9. The second kappa shape index (κ2) is 7.10. The van der Waals surface area contributed by atoms with Gasteiger partial charge in [-0.05, 0) is 45.6 Å². The zero-order valence-electron chi connectivity index (χ0n) is 11.4. The highest BCUT2D eigenvalue weighted by Crippen LogP contribution is 2.14. The van der Waals surface area contributed by atoms with E-state index < -0.39 is 0 Å². The lowest BCUT2D eigenvalue weighted by Gasteiger charge is -2.28. The summed E-state index contributed by atoms with van der Waals surface area (Å²) in [5.74, 6) is 0.210. The van der Waals surface area contributed by atoms with Crippen LogP contribution in [0, 0.1) is 0 Å². The Bertz CT molecular complexity index is 265. The van der Waals surface area contributed by atoms with E-state index >= 15 is 0 Å². The molecule has 0 radical (unpaired) electrons. The fourth-order valence-electron chi connectivity index (χ4n) is 2.90. The fraction of sp³-hybridized carbons (Fsp3) is 0.929. The minimum absolute atomic E-state index is 0.210. The van der Waals surface area contributed by atoms with Gasteiger partial charge in [0.2, 0.25) is 5.91 Å². The number of amides is 1. The monoisotopic (exact) mass is 254 g/mol. The van der Waals surface area contributed by atoms with Crippen molar-refractivity contribution in [2.45, 2.75) is 70.1 Å². The molecule has 3 unspecified atom stereocenters. The van der Waals surface area contributed by atoms with Gasteiger partial charge in [-0.3, -0.25) is 4.79 Å². The summed E-state index contributed by atoms with van der Waals surface area (Å²) < 4.78 is 5.48. The predicted octanol–water partition coefficient (Wildman–Crippen LogP) is 1.59. The number of nitrogens with one attached hydrogen (secondary N) is 2. The fourth-order valence-corrected chi connectivity index (χ4v) is 2.90. The van der Waals surface area contributed by atoms with Crippen LogP contribution in [0.15, 0.2) is 0 Å². The highest BCUT2D eigenvalue weighted by Gasteiger charge is 2.21. The molecular weight excluding hydrogens is 228 g/mol. The maximum atomic E-state index is 11.9. The Labute approximate surface area is 110 Å². The quantitative estimate of drug-likeness (QED) is 0.801. The van der Waals surface area contributed by atoms with E-state index in [0.717, 1.165) is 32.4 Å². The number of carbonyl (C=O) groups excluding carboxylic acids is 1. The van der Waals surface area contributed by atoms with Gasteiger partial charge in [-0.25, -0.2) is 0 Å². The van der Waals surface area contributed by atoms with Crippen molar-refractivity contribution in [3.8, 4) is 0 Å². The van der Waals surface area contributed by atoms with Crippen LogP contribution in [0.3, 0.4) is 0 Å². The van der Waals surface area contributed by atoms with Gasteiger partial charge in [0.15, 0.2) is 0 Å². The van der Waals surface area contributed by atoms with E-state index in [0.29, 0.717) is 18.5 Å². The number of ether oxygens (including phenoxy) is 1. The van der Waals surface area contributed by atoms with Crippen molar-refractivity contribution in [3.05, 3.63) is 0 Å². The molecule has 4 heteroatoms. The van der Waals surface area contributed by atoms with Crippen LogP contribution >= 0.6 is 0 Å². The van der Waals surface area contributed by atoms with Crippen molar-refractivity contribution in [1.82, 2.24) is 10.6 Å². The summed E-state index contributed by atoms with van der Waals surface area (Å²) in [6.07, 6.45) is 7.63. The van der Waals surface area contributed by atoms with Crippen LogP contribution in [-0.2, 0) is 9.53 Å². The van der Waals surface area contributed by atoms with E-state index in [1.165, 1.54) is 19.3 Å². The lowest BCUT2D eigenvalue weighted by Crippen LogP contribution is -2.42. The van der Waals surface area contributed by atoms with Crippen LogP contribution in [0.5, 0.6) is 0 Å².